The lowest BCUT2D eigenvalue weighted by Gasteiger charge is -2.34. The average Bonchev–Trinajstić information content (AvgIpc) is 3.06. The summed E-state index contributed by atoms with van der Waals surface area (Å²) in [7, 11) is 0. The zero-order valence-electron chi connectivity index (χ0n) is 16.5. The number of hydrogen-bond donors (Lipinski definition) is 1. The van der Waals surface area contributed by atoms with Gasteiger partial charge in [-0.25, -0.2) is 18.1 Å². The minimum Gasteiger partial charge on any atom is -0.354 e. The fraction of sp³-hybridized carbons (Fsp3) is 0.381. The number of hydrogen-bond acceptors (Lipinski definition) is 6. The van der Waals surface area contributed by atoms with Crippen molar-refractivity contribution in [1.29, 1.82) is 0 Å². The number of alkyl halides is 2. The van der Waals surface area contributed by atoms with Crippen molar-refractivity contribution in [2.75, 3.05) is 42.5 Å². The van der Waals surface area contributed by atoms with Gasteiger partial charge in [0, 0.05) is 67.0 Å². The van der Waals surface area contributed by atoms with Crippen molar-refractivity contribution >= 4 is 35.1 Å². The second-order valence-electron chi connectivity index (χ2n) is 7.52. The van der Waals surface area contributed by atoms with Crippen LogP contribution in [0.5, 0.6) is 0 Å². The summed E-state index contributed by atoms with van der Waals surface area (Å²) in [5.41, 5.74) is 8.10. The topological polar surface area (TPSA) is 48.6 Å². The van der Waals surface area contributed by atoms with Crippen LogP contribution in [0.25, 0.3) is 0 Å². The summed E-state index contributed by atoms with van der Waals surface area (Å²) in [6.45, 7) is 7.90. The number of nitrogens with zero attached hydrogens (tertiary/aromatic N) is 4. The van der Waals surface area contributed by atoms with E-state index in [4.69, 9.17) is 17.3 Å². The molecule has 2 fully saturated rings. The van der Waals surface area contributed by atoms with Gasteiger partial charge in [0.15, 0.2) is 0 Å². The van der Waals surface area contributed by atoms with Crippen LogP contribution >= 0.6 is 23.5 Å². The Hall–Kier alpha value is -1.87. The summed E-state index contributed by atoms with van der Waals surface area (Å²) in [4.78, 5) is 9.54. The molecule has 2 aliphatic rings. The van der Waals surface area contributed by atoms with Gasteiger partial charge in [-0.15, -0.1) is 0 Å². The fourth-order valence-corrected chi connectivity index (χ4v) is 4.88. The molecule has 5 nitrogen and oxygen atoms in total. The lowest BCUT2D eigenvalue weighted by atomic mass is 10.2. The van der Waals surface area contributed by atoms with Gasteiger partial charge in [0.25, 0.3) is 6.43 Å². The molecular weight excluding hydrogens is 428 g/mol. The largest absolute Gasteiger partial charge is 0.354 e. The first-order chi connectivity index (χ1) is 14.4. The Morgan fingerprint density at radius 1 is 1.13 bits per heavy atom. The SMILES string of the molecule is C=C1CC(N)CN1c1ccc(SN2CCN(c3cc(C(F)F)cc(Cl)n3)CC2)cc1. The predicted octanol–water partition coefficient (Wildman–Crippen LogP) is 4.55. The molecule has 2 aromatic rings. The first-order valence-corrected chi connectivity index (χ1v) is 11.0. The van der Waals surface area contributed by atoms with Crippen LogP contribution in [0.15, 0.2) is 53.6 Å². The van der Waals surface area contributed by atoms with E-state index in [9.17, 15) is 8.78 Å². The Morgan fingerprint density at radius 2 is 1.83 bits per heavy atom. The van der Waals surface area contributed by atoms with E-state index in [0.717, 1.165) is 42.3 Å². The standard InChI is InChI=1S/C21H24ClF2N5S/c1-14-10-16(25)13-29(14)17-2-4-18(5-3-17)30-28-8-6-27(7-9-28)20-12-15(21(23)24)11-19(22)26-20/h2-5,11-12,16,21H,1,6-10,13,25H2. The van der Waals surface area contributed by atoms with E-state index in [0.29, 0.717) is 18.9 Å². The van der Waals surface area contributed by atoms with Gasteiger partial charge >= 0.3 is 0 Å². The Morgan fingerprint density at radius 3 is 2.43 bits per heavy atom. The maximum atomic E-state index is 13.0. The molecule has 1 aromatic carbocycles. The zero-order valence-corrected chi connectivity index (χ0v) is 18.0. The highest BCUT2D eigenvalue weighted by Crippen LogP contribution is 2.31. The predicted molar refractivity (Wildman–Crippen MR) is 119 cm³/mol. The van der Waals surface area contributed by atoms with Gasteiger partial charge in [0.05, 0.1) is 0 Å². The van der Waals surface area contributed by atoms with Crippen molar-refractivity contribution in [3.8, 4) is 0 Å². The molecule has 4 rings (SSSR count). The number of aromatic nitrogens is 1. The van der Waals surface area contributed by atoms with Crippen LogP contribution in [0.4, 0.5) is 20.3 Å². The van der Waals surface area contributed by atoms with Crippen molar-refractivity contribution < 1.29 is 8.78 Å². The quantitative estimate of drug-likeness (QED) is 0.531. The molecular formula is C21H24ClF2N5S. The smallest absolute Gasteiger partial charge is 0.264 e. The normalized spacial score (nSPS) is 20.4. The summed E-state index contributed by atoms with van der Waals surface area (Å²) < 4.78 is 28.3. The summed E-state index contributed by atoms with van der Waals surface area (Å²) in [6.07, 6.45) is -1.72. The van der Waals surface area contributed by atoms with Gasteiger partial charge in [0.1, 0.15) is 11.0 Å². The number of piperazine rings is 1. The molecule has 9 heteroatoms. The molecule has 0 spiro atoms. The molecule has 3 heterocycles. The highest BCUT2D eigenvalue weighted by Gasteiger charge is 2.24. The Balaban J connectivity index is 1.33. The molecule has 2 aliphatic heterocycles. The third kappa shape index (κ3) is 4.88. The van der Waals surface area contributed by atoms with Crippen LogP contribution in [-0.4, -0.2) is 48.1 Å². The van der Waals surface area contributed by atoms with Gasteiger partial charge in [0.2, 0.25) is 0 Å². The van der Waals surface area contributed by atoms with Gasteiger partial charge < -0.3 is 15.5 Å². The first-order valence-electron chi connectivity index (χ1n) is 9.83. The van der Waals surface area contributed by atoms with Crippen molar-refractivity contribution in [3.05, 3.63) is 59.4 Å². The molecule has 0 radical (unpaired) electrons. The molecule has 1 aromatic heterocycles. The molecule has 0 aliphatic carbocycles. The second kappa shape index (κ2) is 9.09. The van der Waals surface area contributed by atoms with E-state index in [-0.39, 0.29) is 16.8 Å². The van der Waals surface area contributed by atoms with E-state index in [1.165, 1.54) is 12.1 Å². The Labute approximate surface area is 184 Å². The number of rotatable bonds is 5. The monoisotopic (exact) mass is 451 g/mol. The summed E-state index contributed by atoms with van der Waals surface area (Å²) in [5.74, 6) is 0.510. The number of benzene rings is 1. The maximum Gasteiger partial charge on any atom is 0.264 e. The Bertz CT molecular complexity index is 903. The number of nitrogens with two attached hydrogens (primary N) is 1. The molecule has 2 N–H and O–H groups in total. The molecule has 0 bridgehead atoms. The molecule has 160 valence electrons. The van der Waals surface area contributed by atoms with Crippen LogP contribution in [-0.2, 0) is 0 Å². The maximum absolute atomic E-state index is 13.0. The van der Waals surface area contributed by atoms with E-state index < -0.39 is 6.43 Å². The summed E-state index contributed by atoms with van der Waals surface area (Å²) in [5, 5.41) is 0.0985. The Kier molecular flexibility index (Phi) is 6.48. The van der Waals surface area contributed by atoms with Crippen molar-refractivity contribution in [3.63, 3.8) is 0 Å². The van der Waals surface area contributed by atoms with Gasteiger partial charge in [-0.3, -0.25) is 0 Å². The van der Waals surface area contributed by atoms with Gasteiger partial charge in [-0.2, -0.15) is 0 Å². The van der Waals surface area contributed by atoms with Gasteiger partial charge in [-0.1, -0.05) is 18.2 Å². The van der Waals surface area contributed by atoms with E-state index in [1.54, 1.807) is 11.9 Å². The molecule has 1 unspecified atom stereocenters. The molecule has 1 atom stereocenters. The highest BCUT2D eigenvalue weighted by atomic mass is 35.5. The minimum atomic E-state index is -2.56. The third-order valence-corrected chi connectivity index (χ3v) is 6.60. The van der Waals surface area contributed by atoms with Gasteiger partial charge in [-0.05, 0) is 48.3 Å². The molecule has 0 amide bonds. The van der Waals surface area contributed by atoms with E-state index >= 15 is 0 Å². The zero-order chi connectivity index (χ0) is 21.3. The molecule has 0 saturated carbocycles. The van der Waals surface area contributed by atoms with Crippen LogP contribution in [0, 0.1) is 0 Å². The number of pyridine rings is 1. The lowest BCUT2D eigenvalue weighted by Crippen LogP contribution is -2.43. The summed E-state index contributed by atoms with van der Waals surface area (Å²) in [6, 6.07) is 11.2. The van der Waals surface area contributed by atoms with E-state index in [2.05, 4.69) is 45.0 Å². The molecule has 2 saturated heterocycles. The van der Waals surface area contributed by atoms with Crippen LogP contribution < -0.4 is 15.5 Å². The van der Waals surface area contributed by atoms with E-state index in [1.807, 2.05) is 4.90 Å². The minimum absolute atomic E-state index is 0.0939. The number of halogens is 3. The second-order valence-corrected chi connectivity index (χ2v) is 9.08. The third-order valence-electron chi connectivity index (χ3n) is 5.30. The van der Waals surface area contributed by atoms with Crippen LogP contribution in [0.3, 0.4) is 0 Å². The molecule has 30 heavy (non-hydrogen) atoms. The van der Waals surface area contributed by atoms with Crippen LogP contribution in [0.2, 0.25) is 5.15 Å². The fourth-order valence-electron chi connectivity index (χ4n) is 3.76. The van der Waals surface area contributed by atoms with Crippen molar-refractivity contribution in [2.24, 2.45) is 5.73 Å². The average molecular weight is 452 g/mol. The lowest BCUT2D eigenvalue weighted by molar-refractivity contribution is 0.151. The highest BCUT2D eigenvalue weighted by molar-refractivity contribution is 7.97. The van der Waals surface area contributed by atoms with Crippen molar-refractivity contribution in [2.45, 2.75) is 23.8 Å². The number of anilines is 2. The van der Waals surface area contributed by atoms with Crippen LogP contribution in [0.1, 0.15) is 18.4 Å². The summed E-state index contributed by atoms with van der Waals surface area (Å²) >= 11 is 7.62. The van der Waals surface area contributed by atoms with Crippen molar-refractivity contribution in [1.82, 2.24) is 9.29 Å². The first kappa shape index (κ1) is 21.4.